The second-order valence-electron chi connectivity index (χ2n) is 12.7. The Labute approximate surface area is 246 Å². The SMILES string of the molecule is CC(C)C[C@H](CO)N1C(=O)[C@@H]2[C@H](C(=O)NCc3ccccc3)[C@]3(C)CCC2(O3)C1C(=O)Nc1ccc2ccccc2c1. The number of amides is 3. The normalized spacial score (nSPS) is 28.7. The van der Waals surface area contributed by atoms with Crippen molar-refractivity contribution in [3.8, 4) is 0 Å². The van der Waals surface area contributed by atoms with Gasteiger partial charge in [0.25, 0.3) is 0 Å². The molecule has 42 heavy (non-hydrogen) atoms. The van der Waals surface area contributed by atoms with Gasteiger partial charge in [0, 0.05) is 12.2 Å². The second kappa shape index (κ2) is 10.8. The Morgan fingerprint density at radius 3 is 2.43 bits per heavy atom. The highest BCUT2D eigenvalue weighted by Gasteiger charge is 2.78. The quantitative estimate of drug-likeness (QED) is 0.357. The number of fused-ring (bicyclic) bond motifs is 2. The molecule has 3 heterocycles. The number of carbonyl (C=O) groups is 3. The molecule has 0 aliphatic carbocycles. The predicted molar refractivity (Wildman–Crippen MR) is 160 cm³/mol. The lowest BCUT2D eigenvalue weighted by Crippen LogP contribution is -2.56. The molecule has 0 aromatic heterocycles. The summed E-state index contributed by atoms with van der Waals surface area (Å²) in [5.74, 6) is -2.30. The van der Waals surface area contributed by atoms with Gasteiger partial charge in [0.2, 0.25) is 17.7 Å². The van der Waals surface area contributed by atoms with Crippen molar-refractivity contribution in [3.05, 3.63) is 78.4 Å². The van der Waals surface area contributed by atoms with E-state index in [4.69, 9.17) is 4.74 Å². The van der Waals surface area contributed by atoms with Gasteiger partial charge < -0.3 is 25.4 Å². The third kappa shape index (κ3) is 4.67. The molecule has 3 aliphatic rings. The van der Waals surface area contributed by atoms with Crippen molar-refractivity contribution in [1.82, 2.24) is 10.2 Å². The first-order valence-corrected chi connectivity index (χ1v) is 14.9. The zero-order chi connectivity index (χ0) is 29.6. The number of hydrogen-bond acceptors (Lipinski definition) is 5. The minimum atomic E-state index is -1.16. The van der Waals surface area contributed by atoms with Gasteiger partial charge in [-0.05, 0) is 60.6 Å². The van der Waals surface area contributed by atoms with E-state index in [9.17, 15) is 19.5 Å². The molecule has 0 radical (unpaired) electrons. The first-order valence-electron chi connectivity index (χ1n) is 14.9. The van der Waals surface area contributed by atoms with Crippen LogP contribution in [0.25, 0.3) is 10.8 Å². The van der Waals surface area contributed by atoms with Crippen LogP contribution in [0, 0.1) is 17.8 Å². The largest absolute Gasteiger partial charge is 0.394 e. The lowest BCUT2D eigenvalue weighted by molar-refractivity contribution is -0.148. The number of hydrogen-bond donors (Lipinski definition) is 3. The molecule has 3 aromatic rings. The van der Waals surface area contributed by atoms with Gasteiger partial charge in [-0.2, -0.15) is 0 Å². The van der Waals surface area contributed by atoms with Gasteiger partial charge in [0.1, 0.15) is 11.6 Å². The van der Waals surface area contributed by atoms with Crippen molar-refractivity contribution in [2.45, 2.75) is 69.9 Å². The van der Waals surface area contributed by atoms with Crippen LogP contribution in [-0.2, 0) is 25.7 Å². The molecule has 2 bridgehead atoms. The van der Waals surface area contributed by atoms with Gasteiger partial charge in [-0.25, -0.2) is 0 Å². The smallest absolute Gasteiger partial charge is 0.250 e. The van der Waals surface area contributed by atoms with Crippen LogP contribution in [0.4, 0.5) is 5.69 Å². The van der Waals surface area contributed by atoms with Crippen molar-refractivity contribution in [2.75, 3.05) is 11.9 Å². The van der Waals surface area contributed by atoms with E-state index in [1.165, 1.54) is 0 Å². The number of nitrogens with one attached hydrogen (secondary N) is 2. The van der Waals surface area contributed by atoms with Crippen LogP contribution in [0.3, 0.4) is 0 Å². The lowest BCUT2D eigenvalue weighted by Gasteiger charge is -2.37. The van der Waals surface area contributed by atoms with Crippen LogP contribution < -0.4 is 10.6 Å². The third-order valence-electron chi connectivity index (χ3n) is 9.42. The summed E-state index contributed by atoms with van der Waals surface area (Å²) in [6.07, 6.45) is 1.56. The van der Waals surface area contributed by atoms with Crippen LogP contribution in [0.1, 0.15) is 45.6 Å². The van der Waals surface area contributed by atoms with Gasteiger partial charge in [0.15, 0.2) is 0 Å². The van der Waals surface area contributed by atoms with Crippen LogP contribution in [0.5, 0.6) is 0 Å². The standard InChI is InChI=1S/C34H39N3O5/c1-21(2)17-26(20-38)37-29(31(40)36-25-14-13-23-11-7-8-12-24(23)18-25)34-16-15-33(3,42-34)27(28(34)32(37)41)30(39)35-19-22-9-5-4-6-10-22/h4-14,18,21,26-29,38H,15-17,19-20H2,1-3H3,(H,35,39)(H,36,40)/t26-,27-,28+,29?,33+,34?/m1/s1. The molecule has 8 heteroatoms. The van der Waals surface area contributed by atoms with Crippen LogP contribution in [-0.4, -0.2) is 57.6 Å². The van der Waals surface area contributed by atoms with Gasteiger partial charge in [0.05, 0.1) is 30.1 Å². The van der Waals surface area contributed by atoms with Gasteiger partial charge >= 0.3 is 0 Å². The van der Waals surface area contributed by atoms with Crippen molar-refractivity contribution < 1.29 is 24.2 Å². The van der Waals surface area contributed by atoms with Crippen molar-refractivity contribution in [3.63, 3.8) is 0 Å². The molecule has 220 valence electrons. The summed E-state index contributed by atoms with van der Waals surface area (Å²) >= 11 is 0. The summed E-state index contributed by atoms with van der Waals surface area (Å²) in [5.41, 5.74) is -0.460. The van der Waals surface area contributed by atoms with Gasteiger partial charge in [-0.3, -0.25) is 14.4 Å². The molecule has 3 aliphatic heterocycles. The summed E-state index contributed by atoms with van der Waals surface area (Å²) < 4.78 is 6.73. The first-order chi connectivity index (χ1) is 20.2. The minimum Gasteiger partial charge on any atom is -0.394 e. The Morgan fingerprint density at radius 2 is 1.71 bits per heavy atom. The van der Waals surface area contributed by atoms with E-state index in [1.54, 1.807) is 4.90 Å². The maximum absolute atomic E-state index is 14.4. The van der Waals surface area contributed by atoms with E-state index in [0.29, 0.717) is 31.5 Å². The zero-order valence-electron chi connectivity index (χ0n) is 24.4. The number of rotatable bonds is 9. The molecule has 6 atom stereocenters. The number of ether oxygens (including phenoxy) is 1. The average molecular weight is 570 g/mol. The van der Waals surface area contributed by atoms with Crippen molar-refractivity contribution >= 4 is 34.2 Å². The fourth-order valence-electron chi connectivity index (χ4n) is 7.65. The average Bonchev–Trinajstić information content (AvgIpc) is 3.55. The van der Waals surface area contributed by atoms with Gasteiger partial charge in [-0.15, -0.1) is 0 Å². The number of aliphatic hydroxyl groups is 1. The molecule has 0 saturated carbocycles. The summed E-state index contributed by atoms with van der Waals surface area (Å²) in [5, 5.41) is 18.6. The predicted octanol–water partition coefficient (Wildman–Crippen LogP) is 4.27. The Kier molecular flexibility index (Phi) is 7.31. The monoisotopic (exact) mass is 569 g/mol. The van der Waals surface area contributed by atoms with E-state index in [1.807, 2.05) is 93.6 Å². The Bertz CT molecular complexity index is 1510. The Morgan fingerprint density at radius 1 is 1.00 bits per heavy atom. The van der Waals surface area contributed by atoms with Gasteiger partial charge in [-0.1, -0.05) is 74.5 Å². The number of anilines is 1. The zero-order valence-corrected chi connectivity index (χ0v) is 24.4. The summed E-state index contributed by atoms with van der Waals surface area (Å²) in [6, 6.07) is 21.7. The maximum atomic E-state index is 14.4. The Balaban J connectivity index is 1.35. The van der Waals surface area contributed by atoms with E-state index < -0.39 is 35.1 Å². The minimum absolute atomic E-state index is 0.178. The second-order valence-corrected chi connectivity index (χ2v) is 12.7. The molecule has 3 saturated heterocycles. The van der Waals surface area contributed by atoms with E-state index in [-0.39, 0.29) is 30.2 Å². The highest BCUT2D eigenvalue weighted by atomic mass is 16.5. The summed E-state index contributed by atoms with van der Waals surface area (Å²) in [4.78, 5) is 44.0. The number of carbonyl (C=O) groups excluding carboxylic acids is 3. The Hall–Kier alpha value is -3.75. The highest BCUT2D eigenvalue weighted by Crippen LogP contribution is 2.63. The molecular formula is C34H39N3O5. The maximum Gasteiger partial charge on any atom is 0.250 e. The fraction of sp³-hybridized carbons (Fsp3) is 0.441. The summed E-state index contributed by atoms with van der Waals surface area (Å²) in [6.45, 7) is 5.99. The number of aliphatic hydroxyl groups excluding tert-OH is 1. The van der Waals surface area contributed by atoms with E-state index in [2.05, 4.69) is 10.6 Å². The number of likely N-dealkylation sites (tertiary alicyclic amines) is 1. The number of benzene rings is 3. The molecule has 1 spiro atoms. The van der Waals surface area contributed by atoms with E-state index in [0.717, 1.165) is 16.3 Å². The van der Waals surface area contributed by atoms with Crippen molar-refractivity contribution in [1.29, 1.82) is 0 Å². The number of nitrogens with zero attached hydrogens (tertiary/aromatic N) is 1. The van der Waals surface area contributed by atoms with Crippen molar-refractivity contribution in [2.24, 2.45) is 17.8 Å². The molecule has 3 amide bonds. The molecule has 3 N–H and O–H groups in total. The van der Waals surface area contributed by atoms with Crippen LogP contribution in [0.2, 0.25) is 0 Å². The highest BCUT2D eigenvalue weighted by molar-refractivity contribution is 6.04. The van der Waals surface area contributed by atoms with Crippen LogP contribution >= 0.6 is 0 Å². The molecule has 3 fully saturated rings. The molecule has 2 unspecified atom stereocenters. The molecule has 8 nitrogen and oxygen atoms in total. The lowest BCUT2D eigenvalue weighted by atomic mass is 9.66. The molecular weight excluding hydrogens is 530 g/mol. The van der Waals surface area contributed by atoms with E-state index >= 15 is 0 Å². The van der Waals surface area contributed by atoms with Crippen LogP contribution in [0.15, 0.2) is 72.8 Å². The molecule has 6 rings (SSSR count). The summed E-state index contributed by atoms with van der Waals surface area (Å²) in [7, 11) is 0. The molecule has 3 aromatic carbocycles. The third-order valence-corrected chi connectivity index (χ3v) is 9.42. The fourth-order valence-corrected chi connectivity index (χ4v) is 7.65. The first kappa shape index (κ1) is 28.4. The topological polar surface area (TPSA) is 108 Å².